The quantitative estimate of drug-likeness (QED) is 0.802. The highest BCUT2D eigenvalue weighted by Gasteiger charge is 2.04. The summed E-state index contributed by atoms with van der Waals surface area (Å²) in [5.74, 6) is 0.926. The van der Waals surface area contributed by atoms with Gasteiger partial charge in [-0.15, -0.1) is 11.8 Å². The highest BCUT2D eigenvalue weighted by atomic mass is 32.2. The Morgan fingerprint density at radius 3 is 2.64 bits per heavy atom. The standard InChI is InChI=1S/C11H11NOS/c13-7-9-1-3-10(4-2-9)11-8-14-6-5-12-11/h1-6,13H,7-8H2. The molecular weight excluding hydrogens is 194 g/mol. The second-order valence-electron chi connectivity index (χ2n) is 3.03. The van der Waals surface area contributed by atoms with Crippen LogP contribution in [-0.2, 0) is 6.61 Å². The van der Waals surface area contributed by atoms with Crippen LogP contribution in [0, 0.1) is 0 Å². The highest BCUT2D eigenvalue weighted by Crippen LogP contribution is 2.15. The van der Waals surface area contributed by atoms with Crippen LogP contribution in [0.15, 0.2) is 40.9 Å². The lowest BCUT2D eigenvalue weighted by Crippen LogP contribution is -2.05. The van der Waals surface area contributed by atoms with E-state index in [0.29, 0.717) is 0 Å². The molecule has 1 aliphatic heterocycles. The maximum atomic E-state index is 8.89. The van der Waals surface area contributed by atoms with Crippen LogP contribution in [0.5, 0.6) is 0 Å². The normalized spacial score (nSPS) is 15.4. The predicted octanol–water partition coefficient (Wildman–Crippen LogP) is 2.19. The monoisotopic (exact) mass is 205 g/mol. The summed E-state index contributed by atoms with van der Waals surface area (Å²) >= 11 is 1.75. The minimum atomic E-state index is 0.0986. The Morgan fingerprint density at radius 1 is 1.29 bits per heavy atom. The molecule has 0 fully saturated rings. The maximum Gasteiger partial charge on any atom is 0.0681 e. The van der Waals surface area contributed by atoms with Crippen molar-refractivity contribution in [3.63, 3.8) is 0 Å². The topological polar surface area (TPSA) is 32.6 Å². The molecule has 1 aliphatic rings. The Balaban J connectivity index is 2.24. The van der Waals surface area contributed by atoms with E-state index in [4.69, 9.17) is 5.11 Å². The maximum absolute atomic E-state index is 8.89. The van der Waals surface area contributed by atoms with Gasteiger partial charge in [0.05, 0.1) is 12.3 Å². The van der Waals surface area contributed by atoms with Crippen LogP contribution in [-0.4, -0.2) is 16.6 Å². The number of aliphatic imine (C=N–C) groups is 1. The van der Waals surface area contributed by atoms with Crippen LogP contribution in [0.1, 0.15) is 11.1 Å². The molecule has 14 heavy (non-hydrogen) atoms. The molecule has 0 atom stereocenters. The molecule has 0 unspecified atom stereocenters. The molecule has 0 aliphatic carbocycles. The number of aliphatic hydroxyl groups excluding tert-OH is 1. The third-order valence-corrected chi connectivity index (χ3v) is 2.83. The van der Waals surface area contributed by atoms with Crippen molar-refractivity contribution >= 4 is 17.5 Å². The van der Waals surface area contributed by atoms with E-state index in [0.717, 1.165) is 22.6 Å². The molecule has 72 valence electrons. The summed E-state index contributed by atoms with van der Waals surface area (Å²) in [6.07, 6.45) is 1.82. The van der Waals surface area contributed by atoms with Gasteiger partial charge in [0, 0.05) is 12.0 Å². The van der Waals surface area contributed by atoms with Crippen molar-refractivity contribution in [2.24, 2.45) is 4.99 Å². The van der Waals surface area contributed by atoms with Crippen molar-refractivity contribution in [3.05, 3.63) is 47.0 Å². The molecular formula is C11H11NOS. The molecule has 3 heteroatoms. The molecule has 0 saturated heterocycles. The molecule has 0 spiro atoms. The fraction of sp³-hybridized carbons (Fsp3) is 0.182. The zero-order valence-corrected chi connectivity index (χ0v) is 8.50. The second kappa shape index (κ2) is 4.44. The lowest BCUT2D eigenvalue weighted by atomic mass is 10.1. The Bertz CT molecular complexity index is 367. The van der Waals surface area contributed by atoms with Gasteiger partial charge in [-0.3, -0.25) is 4.99 Å². The average Bonchev–Trinajstić information content (AvgIpc) is 2.30. The van der Waals surface area contributed by atoms with Crippen molar-refractivity contribution in [2.45, 2.75) is 6.61 Å². The number of rotatable bonds is 2. The van der Waals surface area contributed by atoms with Gasteiger partial charge in [-0.05, 0) is 16.5 Å². The third-order valence-electron chi connectivity index (χ3n) is 2.08. The lowest BCUT2D eigenvalue weighted by Gasteiger charge is -2.07. The molecule has 0 bridgehead atoms. The zero-order valence-electron chi connectivity index (χ0n) is 7.68. The van der Waals surface area contributed by atoms with Gasteiger partial charge in [0.2, 0.25) is 0 Å². The first-order valence-corrected chi connectivity index (χ1v) is 5.48. The van der Waals surface area contributed by atoms with Crippen LogP contribution in [0.4, 0.5) is 0 Å². The fourth-order valence-electron chi connectivity index (χ4n) is 1.29. The van der Waals surface area contributed by atoms with Gasteiger partial charge in [0.15, 0.2) is 0 Å². The molecule has 1 heterocycles. The summed E-state index contributed by atoms with van der Waals surface area (Å²) in [5, 5.41) is 10.9. The molecule has 2 rings (SSSR count). The second-order valence-corrected chi connectivity index (χ2v) is 3.92. The smallest absolute Gasteiger partial charge is 0.0681 e. The van der Waals surface area contributed by atoms with Crippen molar-refractivity contribution in [2.75, 3.05) is 5.75 Å². The summed E-state index contributed by atoms with van der Waals surface area (Å²) < 4.78 is 0. The van der Waals surface area contributed by atoms with Crippen molar-refractivity contribution in [1.29, 1.82) is 0 Å². The first kappa shape index (κ1) is 9.49. The molecule has 2 nitrogen and oxygen atoms in total. The van der Waals surface area contributed by atoms with Gasteiger partial charge in [0.1, 0.15) is 0 Å². The summed E-state index contributed by atoms with van der Waals surface area (Å²) in [6, 6.07) is 7.87. The molecule has 0 aromatic heterocycles. The third kappa shape index (κ3) is 2.05. The minimum Gasteiger partial charge on any atom is -0.392 e. The Hall–Kier alpha value is -1.06. The van der Waals surface area contributed by atoms with E-state index in [1.165, 1.54) is 0 Å². The van der Waals surface area contributed by atoms with Gasteiger partial charge in [0.25, 0.3) is 0 Å². The van der Waals surface area contributed by atoms with Crippen molar-refractivity contribution in [3.8, 4) is 0 Å². The summed E-state index contributed by atoms with van der Waals surface area (Å²) in [6.45, 7) is 0.0986. The van der Waals surface area contributed by atoms with Gasteiger partial charge < -0.3 is 5.11 Å². The van der Waals surface area contributed by atoms with E-state index in [1.54, 1.807) is 11.8 Å². The largest absolute Gasteiger partial charge is 0.392 e. The minimum absolute atomic E-state index is 0.0986. The fourth-order valence-corrected chi connectivity index (χ4v) is 1.93. The number of hydrogen-bond acceptors (Lipinski definition) is 3. The highest BCUT2D eigenvalue weighted by molar-refractivity contribution is 8.02. The van der Waals surface area contributed by atoms with Crippen LogP contribution >= 0.6 is 11.8 Å². The first-order chi connectivity index (χ1) is 6.90. The Kier molecular flexibility index (Phi) is 3.01. The van der Waals surface area contributed by atoms with E-state index in [2.05, 4.69) is 4.99 Å². The van der Waals surface area contributed by atoms with Gasteiger partial charge in [-0.25, -0.2) is 0 Å². The van der Waals surface area contributed by atoms with Crippen LogP contribution in [0.25, 0.3) is 0 Å². The number of hydrogen-bond donors (Lipinski definition) is 1. The van der Waals surface area contributed by atoms with Crippen molar-refractivity contribution < 1.29 is 5.11 Å². The van der Waals surface area contributed by atoms with E-state index < -0.39 is 0 Å². The Morgan fingerprint density at radius 2 is 2.07 bits per heavy atom. The lowest BCUT2D eigenvalue weighted by molar-refractivity contribution is 0.282. The van der Waals surface area contributed by atoms with Crippen LogP contribution < -0.4 is 0 Å². The number of aliphatic hydroxyl groups is 1. The average molecular weight is 205 g/mol. The van der Waals surface area contributed by atoms with E-state index in [-0.39, 0.29) is 6.61 Å². The summed E-state index contributed by atoms with van der Waals surface area (Å²) in [4.78, 5) is 4.31. The van der Waals surface area contributed by atoms with Gasteiger partial charge in [-0.1, -0.05) is 24.3 Å². The first-order valence-electron chi connectivity index (χ1n) is 4.43. The van der Waals surface area contributed by atoms with E-state index in [1.807, 2.05) is 35.9 Å². The Labute approximate surface area is 87.4 Å². The molecule has 1 aromatic rings. The van der Waals surface area contributed by atoms with E-state index in [9.17, 15) is 0 Å². The van der Waals surface area contributed by atoms with Gasteiger partial charge in [-0.2, -0.15) is 0 Å². The van der Waals surface area contributed by atoms with Gasteiger partial charge >= 0.3 is 0 Å². The van der Waals surface area contributed by atoms with Crippen molar-refractivity contribution in [1.82, 2.24) is 0 Å². The molecule has 0 radical (unpaired) electrons. The number of benzene rings is 1. The van der Waals surface area contributed by atoms with Crippen LogP contribution in [0.3, 0.4) is 0 Å². The molecule has 1 N–H and O–H groups in total. The van der Waals surface area contributed by atoms with Crippen LogP contribution in [0.2, 0.25) is 0 Å². The predicted molar refractivity (Wildman–Crippen MR) is 60.5 cm³/mol. The summed E-state index contributed by atoms with van der Waals surface area (Å²) in [7, 11) is 0. The molecule has 0 amide bonds. The number of nitrogens with zero attached hydrogens (tertiary/aromatic N) is 1. The van der Waals surface area contributed by atoms with E-state index >= 15 is 0 Å². The summed E-state index contributed by atoms with van der Waals surface area (Å²) in [5.41, 5.74) is 3.18. The molecule has 0 saturated carbocycles. The SMILES string of the molecule is OCc1ccc(C2=NC=CSC2)cc1. The zero-order chi connectivity index (χ0) is 9.80. The molecule has 1 aromatic carbocycles. The number of thioether (sulfide) groups is 1.